The fraction of sp³-hybridized carbons (Fsp3) is 0. The van der Waals surface area contributed by atoms with Crippen molar-refractivity contribution in [2.24, 2.45) is 0 Å². The maximum atomic E-state index is 10.3. The summed E-state index contributed by atoms with van der Waals surface area (Å²) in [6.45, 7) is 0. The number of carbonyl (C=O) groups is 1. The number of hydrogen-bond donors (Lipinski definition) is 0. The number of nitrogens with zero attached hydrogens (tertiary/aromatic N) is 1. The van der Waals surface area contributed by atoms with Gasteiger partial charge in [-0.25, -0.2) is 4.98 Å². The van der Waals surface area contributed by atoms with E-state index in [1.807, 2.05) is 0 Å². The van der Waals surface area contributed by atoms with E-state index in [0.717, 1.165) is 0 Å². The van der Waals surface area contributed by atoms with Gasteiger partial charge in [0.2, 0.25) is 0 Å². The van der Waals surface area contributed by atoms with Gasteiger partial charge in [0.05, 0.1) is 11.2 Å². The van der Waals surface area contributed by atoms with Crippen molar-refractivity contribution < 1.29 is 9.21 Å². The van der Waals surface area contributed by atoms with Crippen LogP contribution in [0.5, 0.6) is 0 Å². The molecule has 2 aromatic heterocycles. The minimum absolute atomic E-state index is 0.353. The highest BCUT2D eigenvalue weighted by molar-refractivity contribution is 6.35. The summed E-state index contributed by atoms with van der Waals surface area (Å²) in [5, 5.41) is 1.21. The predicted molar refractivity (Wildman–Crippen MR) is 44.4 cm³/mol. The van der Waals surface area contributed by atoms with Gasteiger partial charge in [-0.05, 0) is 6.07 Å². The average Bonchev–Trinajstić information content (AvgIpc) is 2.47. The molecule has 0 aliphatic rings. The topological polar surface area (TPSA) is 43.1 Å². The maximum absolute atomic E-state index is 10.3. The summed E-state index contributed by atoms with van der Waals surface area (Å²) in [4.78, 5) is 14.2. The fourth-order valence-electron chi connectivity index (χ4n) is 0.983. The van der Waals surface area contributed by atoms with Crippen molar-refractivity contribution in [2.75, 3.05) is 0 Å². The van der Waals surface area contributed by atoms with E-state index < -0.39 is 0 Å². The second kappa shape index (κ2) is 2.60. The van der Waals surface area contributed by atoms with Crippen molar-refractivity contribution >= 4 is 28.9 Å². The number of hydrogen-bond acceptors (Lipinski definition) is 3. The molecule has 0 unspecified atom stereocenters. The smallest absolute Gasteiger partial charge is 0.168 e. The van der Waals surface area contributed by atoms with Gasteiger partial charge in [0, 0.05) is 5.39 Å². The van der Waals surface area contributed by atoms with Crippen molar-refractivity contribution in [1.82, 2.24) is 4.98 Å². The molecule has 0 aliphatic carbocycles. The number of halogens is 1. The summed E-state index contributed by atoms with van der Waals surface area (Å²) < 4.78 is 5.04. The predicted octanol–water partition coefficient (Wildman–Crippen LogP) is 2.29. The van der Waals surface area contributed by atoms with Gasteiger partial charge < -0.3 is 4.42 Å². The molecule has 0 amide bonds. The number of pyridine rings is 1. The Bertz CT molecular complexity index is 436. The summed E-state index contributed by atoms with van der Waals surface area (Å²) in [6, 6.07) is 1.59. The van der Waals surface area contributed by atoms with Crippen molar-refractivity contribution in [1.29, 1.82) is 0 Å². The first kappa shape index (κ1) is 7.31. The van der Waals surface area contributed by atoms with Gasteiger partial charge in [-0.3, -0.25) is 4.79 Å². The zero-order valence-corrected chi connectivity index (χ0v) is 6.71. The van der Waals surface area contributed by atoms with Crippen LogP contribution in [-0.4, -0.2) is 11.3 Å². The van der Waals surface area contributed by atoms with Gasteiger partial charge in [-0.15, -0.1) is 0 Å². The molecule has 60 valence electrons. The molecule has 0 atom stereocenters. The molecule has 0 saturated heterocycles. The second-order valence-electron chi connectivity index (χ2n) is 2.31. The van der Waals surface area contributed by atoms with Crippen molar-refractivity contribution in [3.8, 4) is 0 Å². The summed E-state index contributed by atoms with van der Waals surface area (Å²) in [5.74, 6) is 0. The highest BCUT2D eigenvalue weighted by Gasteiger charge is 2.04. The van der Waals surface area contributed by atoms with Crippen LogP contribution >= 0.6 is 11.6 Å². The van der Waals surface area contributed by atoms with Gasteiger partial charge in [0.15, 0.2) is 11.9 Å². The van der Waals surface area contributed by atoms with E-state index in [4.69, 9.17) is 16.0 Å². The Hall–Kier alpha value is -1.35. The lowest BCUT2D eigenvalue weighted by molar-refractivity contribution is 0.111. The molecular weight excluding hydrogens is 178 g/mol. The average molecular weight is 182 g/mol. The number of aldehydes is 1. The standard InChI is InChI=1S/C8H4ClNO2/c9-7-4-12-8-2-10-5(3-11)1-6(7)8/h1-4H. The number of aromatic nitrogens is 1. The van der Waals surface area contributed by atoms with E-state index >= 15 is 0 Å². The van der Waals surface area contributed by atoms with Gasteiger partial charge in [0.1, 0.15) is 12.0 Å². The molecule has 0 radical (unpaired) electrons. The summed E-state index contributed by atoms with van der Waals surface area (Å²) >= 11 is 5.76. The van der Waals surface area contributed by atoms with Crippen LogP contribution in [0.15, 0.2) is 22.9 Å². The Balaban J connectivity index is 2.79. The van der Waals surface area contributed by atoms with Crippen molar-refractivity contribution in [2.45, 2.75) is 0 Å². The molecule has 0 fully saturated rings. The Morgan fingerprint density at radius 3 is 3.17 bits per heavy atom. The Morgan fingerprint density at radius 1 is 1.58 bits per heavy atom. The number of fused-ring (bicyclic) bond motifs is 1. The molecule has 0 aliphatic heterocycles. The monoisotopic (exact) mass is 181 g/mol. The molecule has 4 heteroatoms. The fourth-order valence-corrected chi connectivity index (χ4v) is 1.17. The molecule has 0 bridgehead atoms. The first-order valence-corrected chi connectivity index (χ1v) is 3.67. The Labute approximate surface area is 73.0 Å². The van der Waals surface area contributed by atoms with Gasteiger partial charge in [0.25, 0.3) is 0 Å². The van der Waals surface area contributed by atoms with Gasteiger partial charge >= 0.3 is 0 Å². The number of furan rings is 1. The van der Waals surface area contributed by atoms with Gasteiger partial charge in [-0.1, -0.05) is 11.6 Å². The lowest BCUT2D eigenvalue weighted by atomic mass is 10.3. The van der Waals surface area contributed by atoms with E-state index in [1.54, 1.807) is 6.07 Å². The summed E-state index contributed by atoms with van der Waals surface area (Å²) in [6.07, 6.45) is 3.57. The van der Waals surface area contributed by atoms with Crippen LogP contribution in [0.25, 0.3) is 11.0 Å². The number of rotatable bonds is 1. The minimum Gasteiger partial charge on any atom is -0.461 e. The number of carbonyl (C=O) groups excluding carboxylic acids is 1. The van der Waals surface area contributed by atoms with Crippen LogP contribution in [0, 0.1) is 0 Å². The molecule has 0 spiro atoms. The third-order valence-electron chi connectivity index (χ3n) is 1.56. The SMILES string of the molecule is O=Cc1cc2c(Cl)coc2cn1. The third-order valence-corrected chi connectivity index (χ3v) is 1.85. The van der Waals surface area contributed by atoms with E-state index in [0.29, 0.717) is 28.0 Å². The molecule has 2 heterocycles. The molecule has 3 nitrogen and oxygen atoms in total. The molecule has 2 aromatic rings. The third kappa shape index (κ3) is 0.987. The summed E-state index contributed by atoms with van der Waals surface area (Å²) in [5.41, 5.74) is 0.941. The first-order chi connectivity index (χ1) is 5.81. The first-order valence-electron chi connectivity index (χ1n) is 3.29. The Kier molecular flexibility index (Phi) is 1.59. The van der Waals surface area contributed by atoms with E-state index in [9.17, 15) is 4.79 Å². The van der Waals surface area contributed by atoms with Crippen LogP contribution in [0.2, 0.25) is 5.02 Å². The van der Waals surface area contributed by atoms with Crippen LogP contribution in [0.3, 0.4) is 0 Å². The van der Waals surface area contributed by atoms with E-state index in [-0.39, 0.29) is 0 Å². The molecule has 12 heavy (non-hydrogen) atoms. The van der Waals surface area contributed by atoms with Crippen molar-refractivity contribution in [3.05, 3.63) is 29.2 Å². The minimum atomic E-state index is 0.353. The molecule has 0 aromatic carbocycles. The molecular formula is C8H4ClNO2. The zero-order valence-electron chi connectivity index (χ0n) is 5.95. The molecule has 0 saturated carbocycles. The lowest BCUT2D eigenvalue weighted by Gasteiger charge is -1.89. The lowest BCUT2D eigenvalue weighted by Crippen LogP contribution is -1.83. The van der Waals surface area contributed by atoms with Crippen LogP contribution in [0.1, 0.15) is 10.5 Å². The molecule has 2 rings (SSSR count). The molecule has 0 N–H and O–H groups in total. The quantitative estimate of drug-likeness (QED) is 0.634. The zero-order chi connectivity index (χ0) is 8.55. The summed E-state index contributed by atoms with van der Waals surface area (Å²) in [7, 11) is 0. The highest BCUT2D eigenvalue weighted by Crippen LogP contribution is 2.24. The second-order valence-corrected chi connectivity index (χ2v) is 2.71. The van der Waals surface area contributed by atoms with Crippen LogP contribution in [0.4, 0.5) is 0 Å². The normalized spacial score (nSPS) is 10.4. The van der Waals surface area contributed by atoms with Crippen molar-refractivity contribution in [3.63, 3.8) is 0 Å². The largest absolute Gasteiger partial charge is 0.461 e. The van der Waals surface area contributed by atoms with Crippen LogP contribution in [-0.2, 0) is 0 Å². The van der Waals surface area contributed by atoms with Gasteiger partial charge in [-0.2, -0.15) is 0 Å². The van der Waals surface area contributed by atoms with Crippen LogP contribution < -0.4 is 0 Å². The van der Waals surface area contributed by atoms with E-state index in [1.165, 1.54) is 12.5 Å². The maximum Gasteiger partial charge on any atom is 0.168 e. The Morgan fingerprint density at radius 2 is 2.42 bits per heavy atom. The highest BCUT2D eigenvalue weighted by atomic mass is 35.5. The van der Waals surface area contributed by atoms with E-state index in [2.05, 4.69) is 4.98 Å².